The lowest BCUT2D eigenvalue weighted by Crippen LogP contribution is -2.24. The molecule has 0 saturated carbocycles. The Bertz CT molecular complexity index is 322. The molecule has 0 aliphatic heterocycles. The molecule has 0 aromatic carbocycles. The van der Waals surface area contributed by atoms with Crippen molar-refractivity contribution >= 4 is 11.6 Å². The van der Waals surface area contributed by atoms with Crippen molar-refractivity contribution in [3.05, 3.63) is 23.6 Å². The van der Waals surface area contributed by atoms with Gasteiger partial charge in [-0.05, 0) is 26.8 Å². The van der Waals surface area contributed by atoms with Gasteiger partial charge < -0.3 is 4.74 Å². The van der Waals surface area contributed by atoms with Crippen LogP contribution in [-0.4, -0.2) is 10.6 Å². The molecular formula is C10H13ClFNO. The Labute approximate surface area is 88.1 Å². The molecule has 0 bridgehead atoms. The maximum Gasteiger partial charge on any atom is 0.251 e. The molecule has 0 unspecified atom stereocenters. The van der Waals surface area contributed by atoms with E-state index in [9.17, 15) is 4.39 Å². The molecule has 4 heteroatoms. The van der Waals surface area contributed by atoms with Crippen LogP contribution in [0.2, 0.25) is 0 Å². The summed E-state index contributed by atoms with van der Waals surface area (Å²) in [6, 6.07) is 1.54. The summed E-state index contributed by atoms with van der Waals surface area (Å²) < 4.78 is 18.9. The largest absolute Gasteiger partial charge is 0.470 e. The Hall–Kier alpha value is -0.830. The number of aromatic nitrogens is 1. The minimum absolute atomic E-state index is 0.00986. The SMILES string of the molecule is CC(C)(C)Oc1nccc(CCl)c1F. The number of alkyl halides is 1. The summed E-state index contributed by atoms with van der Waals surface area (Å²) in [5, 5.41) is 0. The van der Waals surface area contributed by atoms with E-state index in [0.717, 1.165) is 0 Å². The van der Waals surface area contributed by atoms with Gasteiger partial charge in [-0.2, -0.15) is 0 Å². The molecule has 1 heterocycles. The van der Waals surface area contributed by atoms with Crippen LogP contribution < -0.4 is 4.74 Å². The summed E-state index contributed by atoms with van der Waals surface area (Å²) in [6.07, 6.45) is 1.49. The van der Waals surface area contributed by atoms with E-state index in [4.69, 9.17) is 16.3 Å². The first-order chi connectivity index (χ1) is 6.44. The third-order valence-electron chi connectivity index (χ3n) is 1.48. The summed E-state index contributed by atoms with van der Waals surface area (Å²) >= 11 is 5.55. The van der Waals surface area contributed by atoms with Crippen LogP contribution in [0.15, 0.2) is 12.3 Å². The van der Waals surface area contributed by atoms with E-state index in [1.807, 2.05) is 20.8 Å². The van der Waals surface area contributed by atoms with Crippen molar-refractivity contribution in [2.45, 2.75) is 32.3 Å². The van der Waals surface area contributed by atoms with E-state index in [2.05, 4.69) is 4.98 Å². The van der Waals surface area contributed by atoms with Crippen molar-refractivity contribution in [1.29, 1.82) is 0 Å². The Morgan fingerprint density at radius 1 is 1.50 bits per heavy atom. The Kier molecular flexibility index (Phi) is 3.32. The number of hydrogen-bond acceptors (Lipinski definition) is 2. The van der Waals surface area contributed by atoms with Crippen molar-refractivity contribution in [3.63, 3.8) is 0 Å². The van der Waals surface area contributed by atoms with Gasteiger partial charge in [0.2, 0.25) is 0 Å². The average Bonchev–Trinajstić information content (AvgIpc) is 2.06. The van der Waals surface area contributed by atoms with Crippen molar-refractivity contribution in [2.24, 2.45) is 0 Å². The van der Waals surface area contributed by atoms with Gasteiger partial charge >= 0.3 is 0 Å². The van der Waals surface area contributed by atoms with Gasteiger partial charge in [0.05, 0.1) is 5.88 Å². The third-order valence-corrected chi connectivity index (χ3v) is 1.77. The molecule has 0 amide bonds. The van der Waals surface area contributed by atoms with Gasteiger partial charge in [0.15, 0.2) is 5.82 Å². The second-order valence-electron chi connectivity index (χ2n) is 3.94. The summed E-state index contributed by atoms with van der Waals surface area (Å²) in [6.45, 7) is 5.50. The highest BCUT2D eigenvalue weighted by atomic mass is 35.5. The van der Waals surface area contributed by atoms with E-state index in [1.54, 1.807) is 0 Å². The Morgan fingerprint density at radius 2 is 2.14 bits per heavy atom. The molecule has 0 spiro atoms. The fourth-order valence-corrected chi connectivity index (χ4v) is 1.13. The molecule has 1 aromatic heterocycles. The molecule has 2 nitrogen and oxygen atoms in total. The molecule has 0 radical (unpaired) electrons. The van der Waals surface area contributed by atoms with Crippen molar-refractivity contribution in [2.75, 3.05) is 0 Å². The minimum atomic E-state index is -0.475. The quantitative estimate of drug-likeness (QED) is 0.710. The fourth-order valence-electron chi connectivity index (χ4n) is 0.927. The molecule has 78 valence electrons. The van der Waals surface area contributed by atoms with Crippen LogP contribution in [-0.2, 0) is 5.88 Å². The zero-order valence-electron chi connectivity index (χ0n) is 8.47. The number of hydrogen-bond donors (Lipinski definition) is 0. The molecular weight excluding hydrogens is 205 g/mol. The maximum atomic E-state index is 13.5. The van der Waals surface area contributed by atoms with E-state index in [1.165, 1.54) is 12.3 Å². The predicted molar refractivity (Wildman–Crippen MR) is 54.1 cm³/mol. The van der Waals surface area contributed by atoms with E-state index in [-0.39, 0.29) is 11.8 Å². The lowest BCUT2D eigenvalue weighted by molar-refractivity contribution is 0.117. The van der Waals surface area contributed by atoms with Gasteiger partial charge in [0, 0.05) is 11.8 Å². The zero-order chi connectivity index (χ0) is 10.8. The fraction of sp³-hybridized carbons (Fsp3) is 0.500. The van der Waals surface area contributed by atoms with Gasteiger partial charge in [-0.1, -0.05) is 0 Å². The van der Waals surface area contributed by atoms with E-state index < -0.39 is 11.4 Å². The summed E-state index contributed by atoms with van der Waals surface area (Å²) in [5.74, 6) is -0.345. The van der Waals surface area contributed by atoms with Crippen LogP contribution in [0, 0.1) is 5.82 Å². The van der Waals surface area contributed by atoms with Gasteiger partial charge in [0.1, 0.15) is 5.60 Å². The number of ether oxygens (including phenoxy) is 1. The molecule has 1 aromatic rings. The molecule has 14 heavy (non-hydrogen) atoms. The highest BCUT2D eigenvalue weighted by Crippen LogP contribution is 2.22. The third kappa shape index (κ3) is 2.84. The van der Waals surface area contributed by atoms with Crippen LogP contribution in [0.1, 0.15) is 26.3 Å². The first-order valence-corrected chi connectivity index (χ1v) is 4.86. The Balaban J connectivity index is 2.98. The predicted octanol–water partition coefficient (Wildman–Crippen LogP) is 3.14. The normalized spacial score (nSPS) is 11.5. The molecule has 0 fully saturated rings. The maximum absolute atomic E-state index is 13.5. The smallest absolute Gasteiger partial charge is 0.251 e. The van der Waals surface area contributed by atoms with E-state index >= 15 is 0 Å². The average molecular weight is 218 g/mol. The molecule has 0 N–H and O–H groups in total. The van der Waals surface area contributed by atoms with Gasteiger partial charge in [-0.25, -0.2) is 9.37 Å². The molecule has 0 atom stereocenters. The molecule has 1 rings (SSSR count). The number of nitrogens with zero attached hydrogens (tertiary/aromatic N) is 1. The lowest BCUT2D eigenvalue weighted by Gasteiger charge is -2.20. The van der Waals surface area contributed by atoms with Crippen LogP contribution in [0.3, 0.4) is 0 Å². The van der Waals surface area contributed by atoms with Crippen LogP contribution >= 0.6 is 11.6 Å². The summed E-state index contributed by atoms with van der Waals surface area (Å²) in [7, 11) is 0. The Morgan fingerprint density at radius 3 is 2.64 bits per heavy atom. The number of pyridine rings is 1. The second kappa shape index (κ2) is 4.13. The lowest BCUT2D eigenvalue weighted by atomic mass is 10.2. The highest BCUT2D eigenvalue weighted by molar-refractivity contribution is 6.17. The number of rotatable bonds is 2. The monoisotopic (exact) mass is 217 g/mol. The second-order valence-corrected chi connectivity index (χ2v) is 4.20. The van der Waals surface area contributed by atoms with Crippen molar-refractivity contribution < 1.29 is 9.13 Å². The van der Waals surface area contributed by atoms with Gasteiger partial charge in [-0.15, -0.1) is 11.6 Å². The topological polar surface area (TPSA) is 22.1 Å². The van der Waals surface area contributed by atoms with Crippen LogP contribution in [0.4, 0.5) is 4.39 Å². The molecule has 0 aliphatic carbocycles. The van der Waals surface area contributed by atoms with Crippen molar-refractivity contribution in [3.8, 4) is 5.88 Å². The number of halogens is 2. The van der Waals surface area contributed by atoms with Crippen LogP contribution in [0.5, 0.6) is 5.88 Å². The molecule has 0 aliphatic rings. The minimum Gasteiger partial charge on any atom is -0.470 e. The van der Waals surface area contributed by atoms with Crippen molar-refractivity contribution in [1.82, 2.24) is 4.98 Å². The summed E-state index contributed by atoms with van der Waals surface area (Å²) in [5.41, 5.74) is -0.0559. The first kappa shape index (κ1) is 11.2. The standard InChI is InChI=1S/C10H13ClFNO/c1-10(2,3)14-9-8(12)7(6-11)4-5-13-9/h4-5H,6H2,1-3H3. The van der Waals surface area contributed by atoms with Crippen LogP contribution in [0.25, 0.3) is 0 Å². The van der Waals surface area contributed by atoms with Gasteiger partial charge in [0.25, 0.3) is 5.88 Å². The highest BCUT2D eigenvalue weighted by Gasteiger charge is 2.17. The van der Waals surface area contributed by atoms with E-state index in [0.29, 0.717) is 5.56 Å². The zero-order valence-corrected chi connectivity index (χ0v) is 9.23. The summed E-state index contributed by atoms with van der Waals surface area (Å²) in [4.78, 5) is 3.82. The first-order valence-electron chi connectivity index (χ1n) is 4.32. The van der Waals surface area contributed by atoms with Gasteiger partial charge in [-0.3, -0.25) is 0 Å². The molecule has 0 saturated heterocycles.